The molecule has 10 heteroatoms. The zero-order chi connectivity index (χ0) is 25.4. The molecule has 1 aromatic heterocycles. The molecule has 3 aromatic rings. The molecule has 0 bridgehead atoms. The standard InChI is InChI=1S/C25H21N3O7/c1-12(29)19-13(2)35-23(20(19)21(26)30)27-22(31)15-6-9-17-18(10-15)25(33)28(24(17)32)11-14-4-7-16(34-3)8-5-14/h4-10H,11H2,1-3H3,(H2,26,30)(H,27,31). The van der Waals surface area contributed by atoms with Gasteiger partial charge in [-0.1, -0.05) is 12.1 Å². The van der Waals surface area contributed by atoms with Crippen LogP contribution in [0.2, 0.25) is 0 Å². The monoisotopic (exact) mass is 475 g/mol. The number of fused-ring (bicyclic) bond motifs is 1. The maximum atomic E-state index is 13.0. The Morgan fingerprint density at radius 3 is 2.26 bits per heavy atom. The molecule has 2 aromatic carbocycles. The number of nitrogens with two attached hydrogens (primary N) is 1. The maximum Gasteiger partial charge on any atom is 0.261 e. The molecular formula is C25H21N3O7. The number of methoxy groups -OCH3 is 1. The fourth-order valence-corrected chi connectivity index (χ4v) is 3.96. The summed E-state index contributed by atoms with van der Waals surface area (Å²) < 4.78 is 10.5. The molecule has 2 heterocycles. The van der Waals surface area contributed by atoms with Gasteiger partial charge in [0.1, 0.15) is 17.1 Å². The van der Waals surface area contributed by atoms with Crippen LogP contribution in [0.25, 0.3) is 0 Å². The van der Waals surface area contributed by atoms with E-state index in [1.54, 1.807) is 24.3 Å². The molecule has 4 rings (SSSR count). The van der Waals surface area contributed by atoms with Crippen molar-refractivity contribution in [3.05, 3.63) is 81.6 Å². The highest BCUT2D eigenvalue weighted by molar-refractivity contribution is 6.22. The molecule has 0 radical (unpaired) electrons. The first-order valence-corrected chi connectivity index (χ1v) is 10.5. The van der Waals surface area contributed by atoms with Crippen molar-refractivity contribution < 1.29 is 33.1 Å². The van der Waals surface area contributed by atoms with Crippen molar-refractivity contribution in [2.24, 2.45) is 5.73 Å². The van der Waals surface area contributed by atoms with Gasteiger partial charge in [0.2, 0.25) is 5.88 Å². The highest BCUT2D eigenvalue weighted by Gasteiger charge is 2.36. The summed E-state index contributed by atoms with van der Waals surface area (Å²) in [6.07, 6.45) is 0. The lowest BCUT2D eigenvalue weighted by atomic mass is 10.0. The van der Waals surface area contributed by atoms with Gasteiger partial charge >= 0.3 is 0 Å². The first kappa shape index (κ1) is 23.4. The van der Waals surface area contributed by atoms with Gasteiger partial charge in [0, 0.05) is 5.56 Å². The molecule has 0 fully saturated rings. The van der Waals surface area contributed by atoms with Crippen molar-refractivity contribution in [2.45, 2.75) is 20.4 Å². The number of amides is 4. The van der Waals surface area contributed by atoms with E-state index in [1.165, 1.54) is 39.2 Å². The Balaban J connectivity index is 1.59. The van der Waals surface area contributed by atoms with Gasteiger partial charge in [-0.15, -0.1) is 0 Å². The van der Waals surface area contributed by atoms with E-state index in [1.807, 2.05) is 0 Å². The van der Waals surface area contributed by atoms with Crippen LogP contribution in [0.3, 0.4) is 0 Å². The second-order valence-electron chi connectivity index (χ2n) is 7.92. The van der Waals surface area contributed by atoms with E-state index in [-0.39, 0.29) is 46.0 Å². The number of carbonyl (C=O) groups excluding carboxylic acids is 5. The van der Waals surface area contributed by atoms with Crippen LogP contribution >= 0.6 is 0 Å². The number of hydrogen-bond donors (Lipinski definition) is 2. The van der Waals surface area contributed by atoms with E-state index in [2.05, 4.69) is 5.32 Å². The minimum absolute atomic E-state index is 0.0169. The average Bonchev–Trinajstić information content (AvgIpc) is 3.28. The number of anilines is 1. The molecule has 178 valence electrons. The number of ketones is 1. The fourth-order valence-electron chi connectivity index (χ4n) is 3.96. The molecule has 10 nitrogen and oxygen atoms in total. The zero-order valence-corrected chi connectivity index (χ0v) is 19.1. The van der Waals surface area contributed by atoms with Crippen LogP contribution in [0, 0.1) is 6.92 Å². The van der Waals surface area contributed by atoms with E-state index >= 15 is 0 Å². The highest BCUT2D eigenvalue weighted by Crippen LogP contribution is 2.29. The highest BCUT2D eigenvalue weighted by atomic mass is 16.5. The number of aryl methyl sites for hydroxylation is 1. The van der Waals surface area contributed by atoms with Gasteiger partial charge in [-0.25, -0.2) is 0 Å². The lowest BCUT2D eigenvalue weighted by molar-refractivity contribution is 0.0641. The van der Waals surface area contributed by atoms with E-state index in [4.69, 9.17) is 14.9 Å². The number of benzene rings is 2. The molecule has 0 saturated heterocycles. The predicted molar refractivity (Wildman–Crippen MR) is 124 cm³/mol. The Morgan fingerprint density at radius 2 is 1.66 bits per heavy atom. The van der Waals surface area contributed by atoms with Crippen LogP contribution in [0.4, 0.5) is 5.88 Å². The summed E-state index contributed by atoms with van der Waals surface area (Å²) in [5.41, 5.74) is 6.16. The van der Waals surface area contributed by atoms with Gasteiger partial charge in [-0.05, 0) is 49.7 Å². The SMILES string of the molecule is COc1ccc(CN2C(=O)c3ccc(C(=O)Nc4oc(C)c(C(C)=O)c4C(N)=O)cc3C2=O)cc1. The summed E-state index contributed by atoms with van der Waals surface area (Å²) in [6, 6.07) is 11.0. The third kappa shape index (κ3) is 4.17. The largest absolute Gasteiger partial charge is 0.497 e. The first-order valence-electron chi connectivity index (χ1n) is 10.5. The van der Waals surface area contributed by atoms with Gasteiger partial charge in [0.15, 0.2) is 5.78 Å². The second-order valence-corrected chi connectivity index (χ2v) is 7.92. The Kier molecular flexibility index (Phi) is 5.96. The molecule has 0 spiro atoms. The van der Waals surface area contributed by atoms with Crippen LogP contribution in [0.1, 0.15) is 70.0 Å². The molecule has 0 aliphatic carbocycles. The molecule has 3 N–H and O–H groups in total. The Morgan fingerprint density at radius 1 is 1.00 bits per heavy atom. The predicted octanol–water partition coefficient (Wildman–Crippen LogP) is 2.95. The Labute approximate surface area is 199 Å². The maximum absolute atomic E-state index is 13.0. The van der Waals surface area contributed by atoms with Gasteiger partial charge in [-0.2, -0.15) is 0 Å². The number of primary amides is 1. The molecule has 0 atom stereocenters. The summed E-state index contributed by atoms with van der Waals surface area (Å²) >= 11 is 0. The number of imide groups is 1. The normalized spacial score (nSPS) is 12.5. The molecular weight excluding hydrogens is 454 g/mol. The molecule has 4 amide bonds. The molecule has 0 saturated carbocycles. The van der Waals surface area contributed by atoms with Crippen LogP contribution in [-0.2, 0) is 6.54 Å². The van der Waals surface area contributed by atoms with Crippen LogP contribution < -0.4 is 15.8 Å². The second kappa shape index (κ2) is 8.90. The Bertz CT molecular complexity index is 1400. The number of carbonyl (C=O) groups is 5. The number of Topliss-reactive ketones (excluding diaryl/α,β-unsaturated/α-hetero) is 1. The van der Waals surface area contributed by atoms with E-state index in [0.717, 1.165) is 10.5 Å². The van der Waals surface area contributed by atoms with Gasteiger partial charge in [0.25, 0.3) is 23.6 Å². The minimum atomic E-state index is -0.939. The van der Waals surface area contributed by atoms with Crippen molar-refractivity contribution >= 4 is 35.3 Å². The third-order valence-corrected chi connectivity index (χ3v) is 5.64. The van der Waals surface area contributed by atoms with E-state index < -0.39 is 29.4 Å². The lowest BCUT2D eigenvalue weighted by Crippen LogP contribution is -2.29. The summed E-state index contributed by atoms with van der Waals surface area (Å²) in [5, 5.41) is 2.42. The Hall–Kier alpha value is -4.73. The lowest BCUT2D eigenvalue weighted by Gasteiger charge is -2.14. The smallest absolute Gasteiger partial charge is 0.261 e. The summed E-state index contributed by atoms with van der Waals surface area (Å²) in [5.74, 6) is -2.61. The topological polar surface area (TPSA) is 149 Å². The van der Waals surface area contributed by atoms with Crippen LogP contribution in [-0.4, -0.2) is 41.4 Å². The van der Waals surface area contributed by atoms with Crippen molar-refractivity contribution in [1.82, 2.24) is 4.90 Å². The number of nitrogens with one attached hydrogen (secondary N) is 1. The summed E-state index contributed by atoms with van der Waals surface area (Å²) in [6.45, 7) is 2.77. The summed E-state index contributed by atoms with van der Waals surface area (Å²) in [4.78, 5) is 63.5. The number of furan rings is 1. The molecule has 35 heavy (non-hydrogen) atoms. The number of nitrogens with zero attached hydrogens (tertiary/aromatic N) is 1. The fraction of sp³-hybridized carbons (Fsp3) is 0.160. The van der Waals surface area contributed by atoms with Crippen molar-refractivity contribution in [3.63, 3.8) is 0 Å². The van der Waals surface area contributed by atoms with Crippen molar-refractivity contribution in [3.8, 4) is 5.75 Å². The van der Waals surface area contributed by atoms with Crippen molar-refractivity contribution in [2.75, 3.05) is 12.4 Å². The van der Waals surface area contributed by atoms with Gasteiger partial charge in [-0.3, -0.25) is 34.2 Å². The average molecular weight is 475 g/mol. The molecule has 1 aliphatic heterocycles. The minimum Gasteiger partial charge on any atom is -0.497 e. The van der Waals surface area contributed by atoms with Crippen LogP contribution in [0.5, 0.6) is 5.75 Å². The van der Waals surface area contributed by atoms with E-state index in [0.29, 0.717) is 5.75 Å². The summed E-state index contributed by atoms with van der Waals surface area (Å²) in [7, 11) is 1.54. The van der Waals surface area contributed by atoms with Gasteiger partial charge < -0.3 is 14.9 Å². The number of hydrogen-bond acceptors (Lipinski definition) is 7. The molecule has 0 unspecified atom stereocenters. The third-order valence-electron chi connectivity index (χ3n) is 5.64. The zero-order valence-electron chi connectivity index (χ0n) is 19.1. The van der Waals surface area contributed by atoms with Gasteiger partial charge in [0.05, 0.1) is 30.3 Å². The van der Waals surface area contributed by atoms with Crippen molar-refractivity contribution in [1.29, 1.82) is 0 Å². The number of ether oxygens (including phenoxy) is 1. The van der Waals surface area contributed by atoms with E-state index in [9.17, 15) is 24.0 Å². The first-order chi connectivity index (χ1) is 16.6. The molecule has 1 aliphatic rings. The van der Waals surface area contributed by atoms with Crippen LogP contribution in [0.15, 0.2) is 46.9 Å². The number of rotatable bonds is 7. The quantitative estimate of drug-likeness (QED) is 0.394.